The smallest absolute Gasteiger partial charge is 0.119 e. The number of aromatic nitrogens is 3. The van der Waals surface area contributed by atoms with Gasteiger partial charge >= 0.3 is 83.2 Å². The van der Waals surface area contributed by atoms with E-state index in [1.807, 2.05) is 26.0 Å². The zero-order valence-electron chi connectivity index (χ0n) is 27.6. The Kier molecular flexibility index (Phi) is 24.7. The number of para-hydroxylation sites is 2. The third-order valence-electron chi connectivity index (χ3n) is 6.31. The van der Waals surface area contributed by atoms with Crippen molar-refractivity contribution < 1.29 is 109 Å². The second-order valence-electron chi connectivity index (χ2n) is 9.59. The predicted octanol–water partition coefficient (Wildman–Crippen LogP) is 0.0499. The van der Waals surface area contributed by atoms with E-state index < -0.39 is 52.8 Å². The minimum atomic E-state index is -4.33. The van der Waals surface area contributed by atoms with Crippen LogP contribution >= 0.6 is 0 Å². The third-order valence-corrected chi connectivity index (χ3v) is 7.10. The molecule has 3 heterocycles. The van der Waals surface area contributed by atoms with Crippen LogP contribution in [0.3, 0.4) is 0 Å². The second kappa shape index (κ2) is 26.2. The van der Waals surface area contributed by atoms with Gasteiger partial charge in [-0.25, -0.2) is 28.2 Å². The summed E-state index contributed by atoms with van der Waals surface area (Å²) in [4.78, 5) is 53.4. The van der Waals surface area contributed by atoms with Crippen LogP contribution in [0.1, 0.15) is 46.0 Å². The first-order valence-corrected chi connectivity index (χ1v) is 18.7. The summed E-state index contributed by atoms with van der Waals surface area (Å²) in [5.41, 5.74) is 0.646. The normalized spacial score (nSPS) is 14.3. The zero-order chi connectivity index (χ0) is 36.0. The van der Waals surface area contributed by atoms with Gasteiger partial charge < -0.3 is 14.2 Å². The third kappa shape index (κ3) is 16.3. The molecule has 2 aliphatic heterocycles. The molecule has 1 aromatic heterocycles. The van der Waals surface area contributed by atoms with E-state index in [1.54, 1.807) is 29.2 Å². The summed E-state index contributed by atoms with van der Waals surface area (Å²) < 4.78 is 64.3. The first-order chi connectivity index (χ1) is 23.1. The summed E-state index contributed by atoms with van der Waals surface area (Å²) in [5.74, 6) is -0.728. The number of amides is 4. The minimum absolute atomic E-state index is 0. The molecule has 0 bridgehead atoms. The Bertz CT molecular complexity index is 1540. The zero-order valence-corrected chi connectivity index (χ0v) is 34.9. The molecule has 2 aliphatic rings. The molecule has 0 radical (unpaired) electrons. The Labute approximate surface area is 326 Å². The molecule has 2 aromatic rings. The summed E-state index contributed by atoms with van der Waals surface area (Å²) in [6.45, 7) is 4.65. The molecule has 20 heteroatoms. The van der Waals surface area contributed by atoms with Crippen LogP contribution in [0.25, 0.3) is 0 Å². The van der Waals surface area contributed by atoms with Crippen molar-refractivity contribution in [3.05, 3.63) is 79.0 Å². The number of anilines is 1. The van der Waals surface area contributed by atoms with Crippen molar-refractivity contribution in [3.8, 4) is 5.75 Å². The Hall–Kier alpha value is -2.69. The molecule has 4 rings (SSSR count). The van der Waals surface area contributed by atoms with Crippen LogP contribution in [0.2, 0.25) is 0 Å². The number of rotatable bonds is 12. The van der Waals surface area contributed by atoms with Crippen LogP contribution in [0.4, 0.5) is 10.5 Å². The maximum atomic E-state index is 13.0. The summed E-state index contributed by atoms with van der Waals surface area (Å²) >= 11 is -1.88. The van der Waals surface area contributed by atoms with Crippen molar-refractivity contribution in [1.29, 1.82) is 0 Å². The molecule has 254 valence electrons. The van der Waals surface area contributed by atoms with Crippen molar-refractivity contribution in [2.45, 2.75) is 46.0 Å². The molecular formula is C29H35N6NaO10STiZn. The molecule has 0 spiro atoms. The SMILES string of the molecule is CCCCN1C(=O)C(=C/C=C/C=C2\Oc3ccccc3N2CCCS(=O)(=O)[O-])C(=O)N(CCCC)C1=O.[Na+].[O]=[Ti]=[O].[O]=[Zn].c1ncncn1. The molecular weight excluding hydrogens is 761 g/mol. The summed E-state index contributed by atoms with van der Waals surface area (Å²) in [5, 5.41) is 0. The quantitative estimate of drug-likeness (QED) is 0.120. The number of carbonyl (C=O) groups excluding carboxylic acids is 3. The molecule has 16 nitrogen and oxygen atoms in total. The molecule has 0 atom stereocenters. The van der Waals surface area contributed by atoms with Gasteiger partial charge in [0.1, 0.15) is 24.6 Å². The number of barbiturate groups is 1. The van der Waals surface area contributed by atoms with Crippen LogP contribution < -0.4 is 39.2 Å². The molecule has 0 saturated carbocycles. The maximum absolute atomic E-state index is 13.0. The number of nitrogens with zero attached hydrogens (tertiary/aromatic N) is 6. The number of hydrogen-bond donors (Lipinski definition) is 0. The van der Waals surface area contributed by atoms with Gasteiger partial charge in [-0.1, -0.05) is 51.0 Å². The van der Waals surface area contributed by atoms with E-state index >= 15 is 0 Å². The number of hydrogen-bond acceptors (Lipinski definition) is 14. The standard InChI is InChI=1S/C26H33N3O7S.C3H3N3.Na.3O.Ti.Zn/c1-3-5-16-28-24(30)20(25(31)29(26(28)32)17-6-4-2)12-7-10-15-23-27(18-11-19-37(33,34)35)21-13-8-9-14-22(21)36-23;1-4-2-6-3-5-1;;;;;;/h7-10,12-15H,3-6,11,16-19H2,1-2H3,(H,33,34,35);1-3H;;;;;;/q;;+1;;;;;/p-1/b10-7+,23-15-;;;;;;;. The molecule has 0 N–H and O–H groups in total. The van der Waals surface area contributed by atoms with Crippen molar-refractivity contribution >= 4 is 33.7 Å². The van der Waals surface area contributed by atoms with Gasteiger partial charge in [-0.15, -0.1) is 0 Å². The van der Waals surface area contributed by atoms with Gasteiger partial charge in [-0.3, -0.25) is 19.4 Å². The van der Waals surface area contributed by atoms with Gasteiger partial charge in [-0.2, -0.15) is 0 Å². The van der Waals surface area contributed by atoms with Gasteiger partial charge in [-0.05, 0) is 43.5 Å². The molecule has 1 fully saturated rings. The molecule has 49 heavy (non-hydrogen) atoms. The first-order valence-electron chi connectivity index (χ1n) is 14.7. The number of unbranched alkanes of at least 4 members (excludes halogenated alkanes) is 2. The van der Waals surface area contributed by atoms with E-state index in [0.717, 1.165) is 28.3 Å². The topological polar surface area (TPSA) is 217 Å². The number of ether oxygens (including phenoxy) is 1. The number of benzene rings is 1. The van der Waals surface area contributed by atoms with Crippen LogP contribution in [0.5, 0.6) is 5.75 Å². The van der Waals surface area contributed by atoms with Crippen LogP contribution in [-0.2, 0) is 67.3 Å². The van der Waals surface area contributed by atoms with Crippen LogP contribution in [0, 0.1) is 0 Å². The molecule has 0 aliphatic carbocycles. The maximum Gasteiger partial charge on any atom is 0.119 e. The van der Waals surface area contributed by atoms with Crippen molar-refractivity contribution in [1.82, 2.24) is 24.8 Å². The van der Waals surface area contributed by atoms with E-state index in [0.29, 0.717) is 24.5 Å². The minimum Gasteiger partial charge on any atom is -0.225 e. The number of allylic oxidation sites excluding steroid dienone is 4. The first kappa shape index (κ1) is 46.3. The number of imide groups is 2. The van der Waals surface area contributed by atoms with E-state index in [-0.39, 0.29) is 79.4 Å². The summed E-state index contributed by atoms with van der Waals surface area (Å²) in [6.07, 6.45) is 13.4. The van der Waals surface area contributed by atoms with E-state index in [9.17, 15) is 27.4 Å². The van der Waals surface area contributed by atoms with Crippen molar-refractivity contribution in [2.24, 2.45) is 0 Å². The fraction of sp³-hybridized carbons (Fsp3) is 0.379. The Morgan fingerprint density at radius 3 is 1.76 bits per heavy atom. The molecule has 0 unspecified atom stereocenters. The van der Waals surface area contributed by atoms with Crippen molar-refractivity contribution in [3.63, 3.8) is 0 Å². The predicted molar refractivity (Wildman–Crippen MR) is 159 cm³/mol. The van der Waals surface area contributed by atoms with E-state index in [1.165, 1.54) is 31.1 Å². The average molecular weight is 796 g/mol. The van der Waals surface area contributed by atoms with Gasteiger partial charge in [0.15, 0.2) is 5.75 Å². The largest absolute Gasteiger partial charge is 0.225 e. The number of fused-ring (bicyclic) bond motifs is 1. The van der Waals surface area contributed by atoms with Gasteiger partial charge in [0.05, 0.1) is 15.8 Å². The summed E-state index contributed by atoms with van der Waals surface area (Å²) in [6, 6.07) is 6.63. The Morgan fingerprint density at radius 2 is 1.29 bits per heavy atom. The second-order valence-corrected chi connectivity index (χ2v) is 11.4. The fourth-order valence-electron chi connectivity index (χ4n) is 4.17. The Morgan fingerprint density at radius 1 is 0.816 bits per heavy atom. The van der Waals surface area contributed by atoms with Crippen molar-refractivity contribution in [2.75, 3.05) is 30.3 Å². The van der Waals surface area contributed by atoms with Gasteiger partial charge in [0.2, 0.25) is 5.88 Å². The molecule has 1 aromatic carbocycles. The average Bonchev–Trinajstić information content (AvgIpc) is 3.43. The monoisotopic (exact) mass is 794 g/mol. The number of carbonyl (C=O) groups is 3. The fourth-order valence-corrected chi connectivity index (χ4v) is 4.66. The Balaban J connectivity index is 0.00000166. The number of urea groups is 1. The van der Waals surface area contributed by atoms with Crippen LogP contribution in [0.15, 0.2) is 79.0 Å². The summed E-state index contributed by atoms with van der Waals surface area (Å²) in [7, 11) is -4.33. The van der Waals surface area contributed by atoms with E-state index in [2.05, 4.69) is 15.0 Å². The molecule has 4 amide bonds. The van der Waals surface area contributed by atoms with Gasteiger partial charge in [0.25, 0.3) is 11.8 Å². The van der Waals surface area contributed by atoms with Crippen LogP contribution in [-0.4, -0.2) is 81.0 Å². The molecule has 1 saturated heterocycles. The van der Waals surface area contributed by atoms with E-state index in [4.69, 9.17) is 15.0 Å². The van der Waals surface area contributed by atoms with Gasteiger partial charge in [0, 0.05) is 25.4 Å².